The predicted molar refractivity (Wildman–Crippen MR) is 79.5 cm³/mol. The first-order chi connectivity index (χ1) is 10.5. The Morgan fingerprint density at radius 3 is 2.45 bits per heavy atom. The Morgan fingerprint density at radius 2 is 1.86 bits per heavy atom. The fourth-order valence-electron chi connectivity index (χ4n) is 2.04. The number of aromatic nitrogens is 2. The van der Waals surface area contributed by atoms with Crippen LogP contribution in [0.3, 0.4) is 0 Å². The summed E-state index contributed by atoms with van der Waals surface area (Å²) in [6, 6.07) is 10.4. The molecular weight excluding hydrogens is 300 g/mol. The molecule has 0 spiro atoms. The van der Waals surface area contributed by atoms with E-state index in [1.807, 2.05) is 19.1 Å². The molecule has 0 aliphatic rings. The highest BCUT2D eigenvalue weighted by Gasteiger charge is 2.15. The highest BCUT2D eigenvalue weighted by atomic mass is 32.2. The molecule has 0 atom stereocenters. The maximum absolute atomic E-state index is 12.2. The van der Waals surface area contributed by atoms with Gasteiger partial charge in [-0.2, -0.15) is 10.5 Å². The lowest BCUT2D eigenvalue weighted by Crippen LogP contribution is -2.10. The van der Waals surface area contributed by atoms with Crippen LogP contribution < -0.4 is 0 Å². The van der Waals surface area contributed by atoms with E-state index in [1.54, 1.807) is 24.3 Å². The van der Waals surface area contributed by atoms with Gasteiger partial charge >= 0.3 is 0 Å². The molecule has 0 saturated carbocycles. The lowest BCUT2D eigenvalue weighted by molar-refractivity contribution is 0.585. The molecule has 0 bridgehead atoms. The molecule has 0 fully saturated rings. The van der Waals surface area contributed by atoms with Crippen molar-refractivity contribution in [1.29, 1.82) is 10.5 Å². The minimum absolute atomic E-state index is 0.0268. The Morgan fingerprint density at radius 1 is 1.18 bits per heavy atom. The molecule has 0 aliphatic heterocycles. The summed E-state index contributed by atoms with van der Waals surface area (Å²) in [4.78, 5) is 4.11. The van der Waals surface area contributed by atoms with Gasteiger partial charge in [-0.15, -0.1) is 0 Å². The average molecular weight is 314 g/mol. The topological polar surface area (TPSA) is 99.5 Å². The van der Waals surface area contributed by atoms with Gasteiger partial charge in [-0.1, -0.05) is 17.7 Å². The van der Waals surface area contributed by atoms with Crippen LogP contribution in [0.4, 0.5) is 0 Å². The quantitative estimate of drug-likeness (QED) is 0.837. The van der Waals surface area contributed by atoms with Crippen molar-refractivity contribution < 1.29 is 8.42 Å². The fraction of sp³-hybridized carbons (Fsp3) is 0.267. The number of aryl methyl sites for hydroxylation is 2. The zero-order chi connectivity index (χ0) is 16.2. The van der Waals surface area contributed by atoms with Gasteiger partial charge in [0.2, 0.25) is 0 Å². The second kappa shape index (κ2) is 6.42. The van der Waals surface area contributed by atoms with Crippen LogP contribution in [0.5, 0.6) is 0 Å². The summed E-state index contributed by atoms with van der Waals surface area (Å²) < 4.78 is 25.9. The average Bonchev–Trinajstić information content (AvgIpc) is 2.89. The number of imidazole rings is 1. The van der Waals surface area contributed by atoms with Crippen LogP contribution in [0.2, 0.25) is 0 Å². The second-order valence-electron chi connectivity index (χ2n) is 4.84. The van der Waals surface area contributed by atoms with Crippen LogP contribution in [0.1, 0.15) is 23.4 Å². The summed E-state index contributed by atoms with van der Waals surface area (Å²) >= 11 is 0. The van der Waals surface area contributed by atoms with Gasteiger partial charge in [-0.25, -0.2) is 13.4 Å². The third kappa shape index (κ3) is 3.33. The van der Waals surface area contributed by atoms with Crippen molar-refractivity contribution in [1.82, 2.24) is 9.55 Å². The van der Waals surface area contributed by atoms with Crippen molar-refractivity contribution in [3.05, 3.63) is 47.5 Å². The summed E-state index contributed by atoms with van der Waals surface area (Å²) in [5.41, 5.74) is 1.22. The van der Waals surface area contributed by atoms with E-state index in [0.29, 0.717) is 17.9 Å². The molecule has 112 valence electrons. The molecule has 2 aromatic rings. The third-order valence-electron chi connectivity index (χ3n) is 3.24. The van der Waals surface area contributed by atoms with Gasteiger partial charge in [0, 0.05) is 6.54 Å². The lowest BCUT2D eigenvalue weighted by Gasteiger charge is -2.06. The number of benzene rings is 1. The van der Waals surface area contributed by atoms with Gasteiger partial charge in [0.25, 0.3) is 0 Å². The molecule has 7 heteroatoms. The SMILES string of the molecule is Cc1ccc(S(=O)(=O)CCCn2cnc(C#N)c2C#N)cc1. The van der Waals surface area contributed by atoms with Crippen LogP contribution in [0, 0.1) is 29.6 Å². The highest BCUT2D eigenvalue weighted by Crippen LogP contribution is 2.14. The molecule has 1 aromatic heterocycles. The minimum Gasteiger partial charge on any atom is -0.321 e. The molecule has 2 rings (SSSR count). The molecule has 1 aromatic carbocycles. The van der Waals surface area contributed by atoms with Crippen molar-refractivity contribution >= 4 is 9.84 Å². The molecular formula is C15H14N4O2S. The van der Waals surface area contributed by atoms with Crippen molar-refractivity contribution in [3.63, 3.8) is 0 Å². The summed E-state index contributed by atoms with van der Waals surface area (Å²) in [6.45, 7) is 2.22. The van der Waals surface area contributed by atoms with Crippen molar-refractivity contribution in [2.45, 2.75) is 24.8 Å². The standard InChI is InChI=1S/C15H14N4O2S/c1-12-3-5-13(6-4-12)22(20,21)8-2-7-19-11-18-14(9-16)15(19)10-17/h3-6,11H,2,7-8H2,1H3. The Bertz CT molecular complexity index is 852. The van der Waals surface area contributed by atoms with Gasteiger partial charge < -0.3 is 4.57 Å². The molecule has 6 nitrogen and oxygen atoms in total. The molecule has 0 aliphatic carbocycles. The van der Waals surface area contributed by atoms with Crippen molar-refractivity contribution in [2.24, 2.45) is 0 Å². The van der Waals surface area contributed by atoms with Crippen LogP contribution in [-0.2, 0) is 16.4 Å². The van der Waals surface area contributed by atoms with E-state index < -0.39 is 9.84 Å². The first-order valence-corrected chi connectivity index (χ1v) is 8.28. The zero-order valence-electron chi connectivity index (χ0n) is 12.0. The zero-order valence-corrected chi connectivity index (χ0v) is 12.8. The van der Waals surface area contributed by atoms with Crippen molar-refractivity contribution in [2.75, 3.05) is 5.75 Å². The van der Waals surface area contributed by atoms with Crippen LogP contribution in [0.15, 0.2) is 35.5 Å². The highest BCUT2D eigenvalue weighted by molar-refractivity contribution is 7.91. The summed E-state index contributed by atoms with van der Waals surface area (Å²) in [5.74, 6) is -0.0268. The van der Waals surface area contributed by atoms with Gasteiger partial charge in [0.15, 0.2) is 21.2 Å². The Balaban J connectivity index is 2.05. The lowest BCUT2D eigenvalue weighted by atomic mass is 10.2. The Kier molecular flexibility index (Phi) is 4.59. The summed E-state index contributed by atoms with van der Waals surface area (Å²) in [6.07, 6.45) is 1.72. The molecule has 22 heavy (non-hydrogen) atoms. The van der Waals surface area contributed by atoms with Gasteiger partial charge in [0.1, 0.15) is 12.1 Å². The molecule has 0 unspecified atom stereocenters. The van der Waals surface area contributed by atoms with Crippen molar-refractivity contribution in [3.8, 4) is 12.1 Å². The predicted octanol–water partition coefficient (Wildman–Crippen LogP) is 1.80. The van der Waals surface area contributed by atoms with Crippen LogP contribution in [0.25, 0.3) is 0 Å². The molecule has 0 saturated heterocycles. The van der Waals surface area contributed by atoms with E-state index in [-0.39, 0.29) is 17.1 Å². The number of hydrogen-bond acceptors (Lipinski definition) is 5. The van der Waals surface area contributed by atoms with E-state index in [9.17, 15) is 8.42 Å². The monoisotopic (exact) mass is 314 g/mol. The normalized spacial score (nSPS) is 10.9. The van der Waals surface area contributed by atoms with E-state index >= 15 is 0 Å². The Labute approximate surface area is 129 Å². The van der Waals surface area contributed by atoms with E-state index in [2.05, 4.69) is 4.98 Å². The smallest absolute Gasteiger partial charge is 0.178 e. The fourth-order valence-corrected chi connectivity index (χ4v) is 3.33. The van der Waals surface area contributed by atoms with Gasteiger partial charge in [-0.05, 0) is 25.5 Å². The van der Waals surface area contributed by atoms with Gasteiger partial charge in [-0.3, -0.25) is 0 Å². The molecule has 0 N–H and O–H groups in total. The largest absolute Gasteiger partial charge is 0.321 e. The van der Waals surface area contributed by atoms with Gasteiger partial charge in [0.05, 0.1) is 17.0 Å². The molecule has 0 radical (unpaired) electrons. The number of nitrogens with zero attached hydrogens (tertiary/aromatic N) is 4. The van der Waals surface area contributed by atoms with E-state index in [1.165, 1.54) is 10.9 Å². The first-order valence-electron chi connectivity index (χ1n) is 6.62. The number of sulfone groups is 1. The maximum atomic E-state index is 12.2. The van der Waals surface area contributed by atoms with Crippen LogP contribution in [-0.4, -0.2) is 23.7 Å². The van der Waals surface area contributed by atoms with E-state index in [4.69, 9.17) is 10.5 Å². The number of nitriles is 2. The third-order valence-corrected chi connectivity index (χ3v) is 5.06. The molecule has 1 heterocycles. The second-order valence-corrected chi connectivity index (χ2v) is 6.95. The van der Waals surface area contributed by atoms with E-state index in [0.717, 1.165) is 5.56 Å². The summed E-state index contributed by atoms with van der Waals surface area (Å²) in [5, 5.41) is 17.8. The number of hydrogen-bond donors (Lipinski definition) is 0. The molecule has 0 amide bonds. The minimum atomic E-state index is -3.35. The maximum Gasteiger partial charge on any atom is 0.178 e. The van der Waals surface area contributed by atoms with Crippen LogP contribution >= 0.6 is 0 Å². The summed E-state index contributed by atoms with van der Waals surface area (Å²) in [7, 11) is -3.35. The number of rotatable bonds is 5. The first kappa shape index (κ1) is 15.7. The Hall–Kier alpha value is -2.64.